The van der Waals surface area contributed by atoms with Crippen LogP contribution in [0.3, 0.4) is 0 Å². The van der Waals surface area contributed by atoms with E-state index in [-0.39, 0.29) is 5.91 Å². The molecule has 0 aliphatic rings. The van der Waals surface area contributed by atoms with Gasteiger partial charge in [-0.25, -0.2) is 0 Å². The van der Waals surface area contributed by atoms with Crippen LogP contribution in [0.1, 0.15) is 15.9 Å². The van der Waals surface area contributed by atoms with Gasteiger partial charge < -0.3 is 11.1 Å². The zero-order valence-electron chi connectivity index (χ0n) is 9.91. The molecule has 2 aromatic rings. The highest BCUT2D eigenvalue weighted by Crippen LogP contribution is 2.24. The Morgan fingerprint density at radius 3 is 2.61 bits per heavy atom. The Bertz CT molecular complexity index is 596. The lowest BCUT2D eigenvalue weighted by atomic mass is 10.1. The second-order valence-corrected chi connectivity index (χ2v) is 4.81. The lowest BCUT2D eigenvalue weighted by Crippen LogP contribution is -2.14. The van der Waals surface area contributed by atoms with Crippen LogP contribution < -0.4 is 11.1 Å². The van der Waals surface area contributed by atoms with Crippen molar-refractivity contribution in [2.24, 2.45) is 0 Å². The Kier molecular flexibility index (Phi) is 3.67. The molecule has 2 rings (SSSR count). The number of nitrogens with two attached hydrogens (primary N) is 1. The first-order valence-electron chi connectivity index (χ1n) is 5.50. The van der Waals surface area contributed by atoms with E-state index in [1.807, 2.05) is 25.1 Å². The Labute approximate surface area is 114 Å². The maximum absolute atomic E-state index is 12.1. The highest BCUT2D eigenvalue weighted by molar-refractivity contribution is 9.10. The van der Waals surface area contributed by atoms with Gasteiger partial charge in [0.25, 0.3) is 5.91 Å². The molecule has 0 fully saturated rings. The van der Waals surface area contributed by atoms with Crippen molar-refractivity contribution in [2.45, 2.75) is 6.92 Å². The predicted molar refractivity (Wildman–Crippen MR) is 77.7 cm³/mol. The molecule has 3 N–H and O–H groups in total. The number of nitrogens with one attached hydrogen (secondary N) is 1. The summed E-state index contributed by atoms with van der Waals surface area (Å²) in [7, 11) is 0. The van der Waals surface area contributed by atoms with Gasteiger partial charge in [-0.2, -0.15) is 0 Å². The lowest BCUT2D eigenvalue weighted by molar-refractivity contribution is 0.102. The highest BCUT2D eigenvalue weighted by Gasteiger charge is 2.10. The van der Waals surface area contributed by atoms with Crippen LogP contribution in [-0.4, -0.2) is 5.91 Å². The summed E-state index contributed by atoms with van der Waals surface area (Å²) in [6, 6.07) is 12.7. The number of rotatable bonds is 2. The second-order valence-electron chi connectivity index (χ2n) is 3.95. The normalized spacial score (nSPS) is 10.1. The monoisotopic (exact) mass is 304 g/mol. The molecule has 0 spiro atoms. The first-order valence-corrected chi connectivity index (χ1v) is 6.30. The Hall–Kier alpha value is -1.81. The van der Waals surface area contributed by atoms with Crippen LogP contribution in [0.2, 0.25) is 0 Å². The third-order valence-electron chi connectivity index (χ3n) is 2.72. The number of hydrogen-bond donors (Lipinski definition) is 2. The van der Waals surface area contributed by atoms with Crippen LogP contribution in [0.4, 0.5) is 11.4 Å². The predicted octanol–water partition coefficient (Wildman–Crippen LogP) is 3.59. The molecule has 2 aromatic carbocycles. The van der Waals surface area contributed by atoms with Gasteiger partial charge in [-0.15, -0.1) is 0 Å². The topological polar surface area (TPSA) is 55.1 Å². The fourth-order valence-electron chi connectivity index (χ4n) is 1.64. The average molecular weight is 305 g/mol. The molecule has 0 bridgehead atoms. The van der Waals surface area contributed by atoms with Crippen molar-refractivity contribution in [2.75, 3.05) is 11.1 Å². The van der Waals surface area contributed by atoms with E-state index in [1.165, 1.54) is 0 Å². The standard InChI is InChI=1S/C14H13BrN2O/c1-9-11(15)6-4-8-13(9)17-14(18)10-5-2-3-7-12(10)16/h2-8H,16H2,1H3,(H,17,18). The summed E-state index contributed by atoms with van der Waals surface area (Å²) < 4.78 is 0.960. The van der Waals surface area contributed by atoms with Gasteiger partial charge in [-0.3, -0.25) is 4.79 Å². The number of nitrogen functional groups attached to an aromatic ring is 1. The maximum Gasteiger partial charge on any atom is 0.257 e. The minimum atomic E-state index is -0.200. The van der Waals surface area contributed by atoms with E-state index in [0.29, 0.717) is 11.3 Å². The van der Waals surface area contributed by atoms with Crippen molar-refractivity contribution in [1.82, 2.24) is 0 Å². The lowest BCUT2D eigenvalue weighted by Gasteiger charge is -2.10. The van der Waals surface area contributed by atoms with Crippen molar-refractivity contribution >= 4 is 33.2 Å². The number of hydrogen-bond acceptors (Lipinski definition) is 2. The van der Waals surface area contributed by atoms with Gasteiger partial charge in [0.2, 0.25) is 0 Å². The van der Waals surface area contributed by atoms with Crippen LogP contribution in [-0.2, 0) is 0 Å². The van der Waals surface area contributed by atoms with Gasteiger partial charge in [0.05, 0.1) is 5.56 Å². The van der Waals surface area contributed by atoms with Crippen molar-refractivity contribution in [3.8, 4) is 0 Å². The summed E-state index contributed by atoms with van der Waals surface area (Å²) >= 11 is 3.43. The highest BCUT2D eigenvalue weighted by atomic mass is 79.9. The number of halogens is 1. The van der Waals surface area contributed by atoms with E-state index in [9.17, 15) is 4.79 Å². The van der Waals surface area contributed by atoms with Crippen LogP contribution >= 0.6 is 15.9 Å². The number of carbonyl (C=O) groups is 1. The molecule has 0 aliphatic heterocycles. The van der Waals surface area contributed by atoms with Gasteiger partial charge in [-0.1, -0.05) is 34.1 Å². The Morgan fingerprint density at radius 1 is 1.17 bits per heavy atom. The molecule has 0 aliphatic carbocycles. The first kappa shape index (κ1) is 12.6. The summed E-state index contributed by atoms with van der Waals surface area (Å²) in [4.78, 5) is 12.1. The zero-order valence-corrected chi connectivity index (χ0v) is 11.5. The Balaban J connectivity index is 2.27. The molecule has 92 valence electrons. The number of carbonyl (C=O) groups excluding carboxylic acids is 1. The molecule has 0 radical (unpaired) electrons. The molecule has 4 heteroatoms. The molecule has 0 heterocycles. The van der Waals surface area contributed by atoms with E-state index < -0.39 is 0 Å². The molecule has 0 saturated heterocycles. The third kappa shape index (κ3) is 2.54. The van der Waals surface area contributed by atoms with Gasteiger partial charge in [0, 0.05) is 15.8 Å². The minimum Gasteiger partial charge on any atom is -0.398 e. The van der Waals surface area contributed by atoms with Crippen LogP contribution in [0.25, 0.3) is 0 Å². The molecule has 0 saturated carbocycles. The molecule has 18 heavy (non-hydrogen) atoms. The smallest absolute Gasteiger partial charge is 0.257 e. The minimum absolute atomic E-state index is 0.200. The van der Waals surface area contributed by atoms with Gasteiger partial charge >= 0.3 is 0 Å². The van der Waals surface area contributed by atoms with E-state index in [1.54, 1.807) is 24.3 Å². The quantitative estimate of drug-likeness (QED) is 0.833. The number of para-hydroxylation sites is 1. The van der Waals surface area contributed by atoms with E-state index in [0.717, 1.165) is 15.7 Å². The van der Waals surface area contributed by atoms with Gasteiger partial charge in [0.15, 0.2) is 0 Å². The first-order chi connectivity index (χ1) is 8.59. The van der Waals surface area contributed by atoms with Crippen molar-refractivity contribution in [1.29, 1.82) is 0 Å². The van der Waals surface area contributed by atoms with Crippen LogP contribution in [0, 0.1) is 6.92 Å². The average Bonchev–Trinajstić information content (AvgIpc) is 2.35. The van der Waals surface area contributed by atoms with Crippen LogP contribution in [0.15, 0.2) is 46.9 Å². The Morgan fingerprint density at radius 2 is 1.89 bits per heavy atom. The summed E-state index contributed by atoms with van der Waals surface area (Å²) in [6.45, 7) is 1.94. The molecular weight excluding hydrogens is 292 g/mol. The fourth-order valence-corrected chi connectivity index (χ4v) is 2.00. The summed E-state index contributed by atoms with van der Waals surface area (Å²) in [5.74, 6) is -0.200. The summed E-state index contributed by atoms with van der Waals surface area (Å²) in [5, 5.41) is 2.86. The largest absolute Gasteiger partial charge is 0.398 e. The zero-order chi connectivity index (χ0) is 13.1. The van der Waals surface area contributed by atoms with E-state index in [4.69, 9.17) is 5.73 Å². The third-order valence-corrected chi connectivity index (χ3v) is 3.58. The van der Waals surface area contributed by atoms with E-state index in [2.05, 4.69) is 21.2 Å². The second kappa shape index (κ2) is 5.23. The molecule has 3 nitrogen and oxygen atoms in total. The molecule has 0 aromatic heterocycles. The molecule has 1 amide bonds. The maximum atomic E-state index is 12.1. The van der Waals surface area contributed by atoms with Gasteiger partial charge in [0.1, 0.15) is 0 Å². The number of amides is 1. The molecule has 0 unspecified atom stereocenters. The number of anilines is 2. The molecule has 0 atom stereocenters. The fraction of sp³-hybridized carbons (Fsp3) is 0.0714. The summed E-state index contributed by atoms with van der Waals surface area (Å²) in [5.41, 5.74) is 8.49. The van der Waals surface area contributed by atoms with Crippen LogP contribution in [0.5, 0.6) is 0 Å². The summed E-state index contributed by atoms with van der Waals surface area (Å²) in [6.07, 6.45) is 0. The SMILES string of the molecule is Cc1c(Br)cccc1NC(=O)c1ccccc1N. The van der Waals surface area contributed by atoms with E-state index >= 15 is 0 Å². The van der Waals surface area contributed by atoms with Crippen molar-refractivity contribution in [3.05, 3.63) is 58.1 Å². The number of benzene rings is 2. The van der Waals surface area contributed by atoms with Crippen molar-refractivity contribution < 1.29 is 4.79 Å². The molecular formula is C14H13BrN2O. The van der Waals surface area contributed by atoms with Gasteiger partial charge in [-0.05, 0) is 36.8 Å². The van der Waals surface area contributed by atoms with Crippen molar-refractivity contribution in [3.63, 3.8) is 0 Å².